The number of aromatic nitrogens is 3. The quantitative estimate of drug-likeness (QED) is 0.241. The second-order valence-corrected chi connectivity index (χ2v) is 10.2. The molecule has 0 unspecified atom stereocenters. The second-order valence-electron chi connectivity index (χ2n) is 10.2. The van der Waals surface area contributed by atoms with E-state index in [1.165, 1.54) is 28.3 Å². The summed E-state index contributed by atoms with van der Waals surface area (Å²) in [6.07, 6.45) is 0.0983. The van der Waals surface area contributed by atoms with Crippen LogP contribution in [0.25, 0.3) is 33.5 Å². The van der Waals surface area contributed by atoms with Crippen molar-refractivity contribution in [1.29, 1.82) is 0 Å². The molecule has 0 radical (unpaired) electrons. The monoisotopic (exact) mass is 505 g/mol. The molecular weight excluding hydrogens is 478 g/mol. The Bertz CT molecular complexity index is 2000. The van der Waals surface area contributed by atoms with Crippen LogP contribution in [-0.4, -0.2) is 20.1 Å². The van der Waals surface area contributed by atoms with Gasteiger partial charge >= 0.3 is 0 Å². The lowest BCUT2D eigenvalue weighted by atomic mass is 10.1. The molecule has 1 aliphatic rings. The Labute approximate surface area is 226 Å². The predicted molar refractivity (Wildman–Crippen MR) is 161 cm³/mol. The molecule has 0 bridgehead atoms. The van der Waals surface area contributed by atoms with E-state index in [1.54, 1.807) is 0 Å². The maximum Gasteiger partial charge on any atom is 0.220 e. The summed E-state index contributed by atoms with van der Waals surface area (Å²) in [6.45, 7) is 4.47. The number of benzene rings is 5. The first-order valence-corrected chi connectivity index (χ1v) is 13.4. The van der Waals surface area contributed by atoms with Gasteiger partial charge in [-0.1, -0.05) is 66.7 Å². The standard InChI is InChI=1S/C34H27N5/c1-23-13-9-10-18-28(23)37-24(2)36(25-14-5-3-6-15-25)33-22-31-27(21-32(33)37)35-34-38(26-16-7-4-8-17-26)29-19-11-12-20-30(29)39(31)34/h3-22,24H,1-2H3/t24-/m0/s1. The van der Waals surface area contributed by atoms with Crippen molar-refractivity contribution >= 4 is 50.6 Å². The zero-order valence-electron chi connectivity index (χ0n) is 21.9. The number of hydrogen-bond acceptors (Lipinski definition) is 3. The van der Waals surface area contributed by atoms with Crippen LogP contribution in [0.15, 0.2) is 121 Å². The lowest BCUT2D eigenvalue weighted by molar-refractivity contribution is 0.759. The topological polar surface area (TPSA) is 28.7 Å². The van der Waals surface area contributed by atoms with Gasteiger partial charge in [-0.2, -0.15) is 0 Å². The van der Waals surface area contributed by atoms with Gasteiger partial charge in [-0.15, -0.1) is 0 Å². The van der Waals surface area contributed by atoms with Crippen LogP contribution in [0.3, 0.4) is 0 Å². The van der Waals surface area contributed by atoms with Gasteiger partial charge in [0.1, 0.15) is 6.17 Å². The van der Waals surface area contributed by atoms with Gasteiger partial charge in [0.2, 0.25) is 5.78 Å². The third-order valence-corrected chi connectivity index (χ3v) is 7.99. The zero-order chi connectivity index (χ0) is 26.1. The molecule has 3 heterocycles. The third-order valence-electron chi connectivity index (χ3n) is 7.99. The molecule has 1 aliphatic heterocycles. The molecular formula is C34H27N5. The summed E-state index contributed by atoms with van der Waals surface area (Å²) in [6, 6.07) is 43.0. The summed E-state index contributed by atoms with van der Waals surface area (Å²) in [7, 11) is 0. The number of hydrogen-bond donors (Lipinski definition) is 0. The fraction of sp³-hybridized carbons (Fsp3) is 0.0882. The Balaban J connectivity index is 1.46. The Morgan fingerprint density at radius 2 is 1.18 bits per heavy atom. The maximum absolute atomic E-state index is 5.26. The summed E-state index contributed by atoms with van der Waals surface area (Å²) in [4.78, 5) is 10.2. The minimum absolute atomic E-state index is 0.0983. The largest absolute Gasteiger partial charge is 0.318 e. The van der Waals surface area contributed by atoms with Gasteiger partial charge in [-0.25, -0.2) is 4.98 Å². The molecule has 0 saturated heterocycles. The molecule has 1 atom stereocenters. The van der Waals surface area contributed by atoms with Crippen molar-refractivity contribution in [3.8, 4) is 5.69 Å². The minimum atomic E-state index is 0.0983. The molecule has 5 aromatic carbocycles. The summed E-state index contributed by atoms with van der Waals surface area (Å²) in [5.74, 6) is 0.919. The van der Waals surface area contributed by atoms with Crippen LogP contribution in [0.5, 0.6) is 0 Å². The summed E-state index contributed by atoms with van der Waals surface area (Å²) in [5, 5.41) is 0. The highest BCUT2D eigenvalue weighted by atomic mass is 15.4. The molecule has 5 nitrogen and oxygen atoms in total. The van der Waals surface area contributed by atoms with Gasteiger partial charge in [-0.3, -0.25) is 8.97 Å². The molecule has 0 spiro atoms. The average molecular weight is 506 g/mol. The van der Waals surface area contributed by atoms with Crippen LogP contribution >= 0.6 is 0 Å². The van der Waals surface area contributed by atoms with Crippen LogP contribution in [0, 0.1) is 6.92 Å². The maximum atomic E-state index is 5.26. The highest BCUT2D eigenvalue weighted by molar-refractivity contribution is 6.00. The molecule has 0 aliphatic carbocycles. The first kappa shape index (κ1) is 22.0. The van der Waals surface area contributed by atoms with Crippen molar-refractivity contribution in [2.75, 3.05) is 9.80 Å². The van der Waals surface area contributed by atoms with E-state index in [0.717, 1.165) is 33.5 Å². The van der Waals surface area contributed by atoms with E-state index in [1.807, 2.05) is 0 Å². The number of anilines is 4. The Kier molecular flexibility index (Phi) is 4.65. The Morgan fingerprint density at radius 1 is 0.564 bits per heavy atom. The van der Waals surface area contributed by atoms with E-state index in [0.29, 0.717) is 0 Å². The van der Waals surface area contributed by atoms with E-state index in [2.05, 4.69) is 154 Å². The SMILES string of the molecule is Cc1ccccc1N1c2cc3nc4n(-c5ccccc5)c5ccccc5n4c3cc2N(c2ccccc2)[C@@H]1C. The van der Waals surface area contributed by atoms with Crippen molar-refractivity contribution in [2.45, 2.75) is 20.0 Å². The van der Waals surface area contributed by atoms with Gasteiger partial charge in [0.15, 0.2) is 0 Å². The van der Waals surface area contributed by atoms with Crippen molar-refractivity contribution in [3.05, 3.63) is 127 Å². The van der Waals surface area contributed by atoms with Crippen LogP contribution in [0.2, 0.25) is 0 Å². The fourth-order valence-electron chi connectivity index (χ4n) is 6.27. The fourth-order valence-corrected chi connectivity index (χ4v) is 6.27. The summed E-state index contributed by atoms with van der Waals surface area (Å²) < 4.78 is 4.57. The van der Waals surface area contributed by atoms with Crippen molar-refractivity contribution in [1.82, 2.24) is 14.0 Å². The number of aryl methyl sites for hydroxylation is 1. The third kappa shape index (κ3) is 3.10. The summed E-state index contributed by atoms with van der Waals surface area (Å²) in [5.41, 5.74) is 11.5. The number of para-hydroxylation sites is 5. The molecule has 0 N–H and O–H groups in total. The van der Waals surface area contributed by atoms with E-state index < -0.39 is 0 Å². The molecule has 188 valence electrons. The van der Waals surface area contributed by atoms with Crippen molar-refractivity contribution in [2.24, 2.45) is 0 Å². The van der Waals surface area contributed by atoms with Gasteiger partial charge < -0.3 is 9.80 Å². The van der Waals surface area contributed by atoms with Gasteiger partial charge in [-0.05, 0) is 74.0 Å². The minimum Gasteiger partial charge on any atom is -0.318 e. The van der Waals surface area contributed by atoms with Crippen LogP contribution < -0.4 is 9.80 Å². The van der Waals surface area contributed by atoms with Gasteiger partial charge in [0, 0.05) is 17.1 Å². The summed E-state index contributed by atoms with van der Waals surface area (Å²) >= 11 is 0. The molecule has 39 heavy (non-hydrogen) atoms. The molecule has 7 aromatic rings. The first-order chi connectivity index (χ1) is 19.2. The second kappa shape index (κ2) is 8.23. The molecule has 8 rings (SSSR count). The van der Waals surface area contributed by atoms with E-state index in [4.69, 9.17) is 4.98 Å². The highest BCUT2D eigenvalue weighted by Crippen LogP contribution is 2.50. The number of rotatable bonds is 3. The normalized spacial score (nSPS) is 15.1. The molecule has 0 amide bonds. The van der Waals surface area contributed by atoms with Crippen LogP contribution in [0.1, 0.15) is 12.5 Å². The molecule has 2 aromatic heterocycles. The predicted octanol–water partition coefficient (Wildman–Crippen LogP) is 8.38. The lowest BCUT2D eigenvalue weighted by Crippen LogP contribution is -2.35. The Morgan fingerprint density at radius 3 is 1.92 bits per heavy atom. The zero-order valence-corrected chi connectivity index (χ0v) is 21.9. The van der Waals surface area contributed by atoms with Crippen LogP contribution in [0.4, 0.5) is 22.7 Å². The van der Waals surface area contributed by atoms with E-state index >= 15 is 0 Å². The molecule has 0 fully saturated rings. The van der Waals surface area contributed by atoms with Gasteiger partial charge in [0.05, 0.1) is 33.4 Å². The smallest absolute Gasteiger partial charge is 0.220 e. The highest BCUT2D eigenvalue weighted by Gasteiger charge is 2.36. The lowest BCUT2D eigenvalue weighted by Gasteiger charge is -2.31. The van der Waals surface area contributed by atoms with Crippen molar-refractivity contribution in [3.63, 3.8) is 0 Å². The Hall–Kier alpha value is -5.03. The first-order valence-electron chi connectivity index (χ1n) is 13.4. The van der Waals surface area contributed by atoms with Crippen molar-refractivity contribution < 1.29 is 0 Å². The van der Waals surface area contributed by atoms with E-state index in [-0.39, 0.29) is 6.17 Å². The number of nitrogens with zero attached hydrogens (tertiary/aromatic N) is 5. The average Bonchev–Trinajstić information content (AvgIpc) is 3.58. The van der Waals surface area contributed by atoms with Crippen LogP contribution in [-0.2, 0) is 0 Å². The van der Waals surface area contributed by atoms with E-state index in [9.17, 15) is 0 Å². The molecule has 0 saturated carbocycles. The van der Waals surface area contributed by atoms with Gasteiger partial charge in [0.25, 0.3) is 0 Å². The number of fused-ring (bicyclic) bond motifs is 6. The number of imidazole rings is 2. The molecule has 5 heteroatoms.